The summed E-state index contributed by atoms with van der Waals surface area (Å²) in [5.74, 6) is 0.0141. The van der Waals surface area contributed by atoms with Crippen molar-refractivity contribution in [2.24, 2.45) is 5.73 Å². The molecule has 1 rings (SSSR count). The van der Waals surface area contributed by atoms with Crippen molar-refractivity contribution in [1.29, 1.82) is 5.41 Å². The van der Waals surface area contributed by atoms with Crippen LogP contribution in [-0.4, -0.2) is 24.4 Å². The van der Waals surface area contributed by atoms with Gasteiger partial charge in [0, 0.05) is 13.6 Å². The number of anilines is 1. The number of nitrogens with zero attached hydrogens (tertiary/aromatic N) is 2. The molecular formula is C12H20N4. The number of pyridine rings is 1. The largest absolute Gasteiger partial charge is 0.382 e. The highest BCUT2D eigenvalue weighted by atomic mass is 15.1. The number of unbranched alkanes of at least 4 members (excludes halogenated alkanes) is 2. The Bertz CT molecular complexity index is 331. The molecule has 0 unspecified atom stereocenters. The highest BCUT2D eigenvalue weighted by Crippen LogP contribution is 2.12. The molecule has 0 saturated carbocycles. The maximum atomic E-state index is 7.25. The highest BCUT2D eigenvalue weighted by Gasteiger charge is 2.02. The highest BCUT2D eigenvalue weighted by molar-refractivity contribution is 5.93. The molecule has 4 nitrogen and oxygen atoms in total. The van der Waals surface area contributed by atoms with Gasteiger partial charge in [-0.15, -0.1) is 0 Å². The van der Waals surface area contributed by atoms with Crippen LogP contribution >= 0.6 is 0 Å². The summed E-state index contributed by atoms with van der Waals surface area (Å²) in [5, 5.41) is 7.25. The van der Waals surface area contributed by atoms with Gasteiger partial charge in [0.15, 0.2) is 0 Å². The predicted octanol–water partition coefficient (Wildman–Crippen LogP) is 1.99. The van der Waals surface area contributed by atoms with Gasteiger partial charge in [-0.05, 0) is 18.6 Å². The van der Waals surface area contributed by atoms with E-state index in [9.17, 15) is 0 Å². The minimum absolute atomic E-state index is 0.0141. The van der Waals surface area contributed by atoms with E-state index >= 15 is 0 Å². The van der Waals surface area contributed by atoms with Crippen molar-refractivity contribution in [3.05, 3.63) is 24.0 Å². The van der Waals surface area contributed by atoms with E-state index in [1.165, 1.54) is 19.3 Å². The Morgan fingerprint density at radius 2 is 2.19 bits per heavy atom. The lowest BCUT2D eigenvalue weighted by Crippen LogP contribution is -2.19. The molecule has 0 spiro atoms. The van der Waals surface area contributed by atoms with E-state index in [0.717, 1.165) is 12.2 Å². The van der Waals surface area contributed by atoms with Crippen LogP contribution in [0.3, 0.4) is 0 Å². The molecule has 0 aromatic carbocycles. The number of aromatic nitrogens is 1. The molecule has 0 aliphatic heterocycles. The molecule has 0 radical (unpaired) electrons. The summed E-state index contributed by atoms with van der Waals surface area (Å²) in [7, 11) is 2.06. The quantitative estimate of drug-likeness (QED) is 0.438. The van der Waals surface area contributed by atoms with Crippen molar-refractivity contribution in [3.8, 4) is 0 Å². The van der Waals surface area contributed by atoms with E-state index in [-0.39, 0.29) is 5.84 Å². The molecule has 0 aliphatic rings. The first kappa shape index (κ1) is 12.5. The van der Waals surface area contributed by atoms with Gasteiger partial charge in [-0.3, -0.25) is 10.4 Å². The lowest BCUT2D eigenvalue weighted by Gasteiger charge is -2.18. The van der Waals surface area contributed by atoms with E-state index in [1.54, 1.807) is 12.3 Å². The van der Waals surface area contributed by atoms with Crippen molar-refractivity contribution in [2.75, 3.05) is 18.5 Å². The summed E-state index contributed by atoms with van der Waals surface area (Å²) >= 11 is 0. The third kappa shape index (κ3) is 3.53. The zero-order valence-electron chi connectivity index (χ0n) is 10.0. The molecule has 0 amide bonds. The average molecular weight is 220 g/mol. The SMILES string of the molecule is CCCCCN(C)c1ccc(C(=N)N)nc1. The minimum atomic E-state index is 0.0141. The maximum absolute atomic E-state index is 7.25. The second kappa shape index (κ2) is 6.10. The topological polar surface area (TPSA) is 66.0 Å². The van der Waals surface area contributed by atoms with Gasteiger partial charge in [-0.25, -0.2) is 0 Å². The van der Waals surface area contributed by atoms with Crippen molar-refractivity contribution in [1.82, 2.24) is 4.98 Å². The molecule has 4 heteroatoms. The minimum Gasteiger partial charge on any atom is -0.382 e. The van der Waals surface area contributed by atoms with Gasteiger partial charge in [-0.1, -0.05) is 19.8 Å². The molecule has 0 bridgehead atoms. The zero-order chi connectivity index (χ0) is 12.0. The van der Waals surface area contributed by atoms with Gasteiger partial charge in [0.25, 0.3) is 0 Å². The number of hydrogen-bond donors (Lipinski definition) is 2. The second-order valence-electron chi connectivity index (χ2n) is 3.94. The summed E-state index contributed by atoms with van der Waals surface area (Å²) in [5.41, 5.74) is 6.95. The summed E-state index contributed by atoms with van der Waals surface area (Å²) in [4.78, 5) is 6.31. The molecule has 3 N–H and O–H groups in total. The van der Waals surface area contributed by atoms with Crippen LogP contribution in [0, 0.1) is 5.41 Å². The Hall–Kier alpha value is -1.58. The van der Waals surface area contributed by atoms with Crippen LogP contribution in [0.25, 0.3) is 0 Å². The third-order valence-electron chi connectivity index (χ3n) is 2.56. The van der Waals surface area contributed by atoms with Crippen molar-refractivity contribution >= 4 is 11.5 Å². The van der Waals surface area contributed by atoms with Crippen LogP contribution in [0.5, 0.6) is 0 Å². The van der Waals surface area contributed by atoms with Gasteiger partial charge < -0.3 is 10.6 Å². The number of nitrogens with two attached hydrogens (primary N) is 1. The number of hydrogen-bond acceptors (Lipinski definition) is 3. The van der Waals surface area contributed by atoms with Crippen LogP contribution in [0.15, 0.2) is 18.3 Å². The lowest BCUT2D eigenvalue weighted by atomic mass is 10.2. The fourth-order valence-electron chi connectivity index (χ4n) is 1.50. The second-order valence-corrected chi connectivity index (χ2v) is 3.94. The molecule has 1 aromatic rings. The van der Waals surface area contributed by atoms with E-state index in [2.05, 4.69) is 23.9 Å². The summed E-state index contributed by atoms with van der Waals surface area (Å²) in [6, 6.07) is 3.74. The number of nitrogen functional groups attached to an aromatic ring is 1. The van der Waals surface area contributed by atoms with E-state index in [4.69, 9.17) is 11.1 Å². The van der Waals surface area contributed by atoms with Gasteiger partial charge in [0.2, 0.25) is 0 Å². The number of rotatable bonds is 6. The molecule has 88 valence electrons. The van der Waals surface area contributed by atoms with Crippen LogP contribution in [0.1, 0.15) is 31.9 Å². The average Bonchev–Trinajstić information content (AvgIpc) is 2.29. The zero-order valence-corrected chi connectivity index (χ0v) is 10.0. The summed E-state index contributed by atoms with van der Waals surface area (Å²) in [6.45, 7) is 3.23. The summed E-state index contributed by atoms with van der Waals surface area (Å²) < 4.78 is 0. The van der Waals surface area contributed by atoms with Crippen LogP contribution in [0.4, 0.5) is 5.69 Å². The fraction of sp³-hybridized carbons (Fsp3) is 0.500. The number of nitrogens with one attached hydrogen (secondary N) is 1. The van der Waals surface area contributed by atoms with Crippen LogP contribution in [0.2, 0.25) is 0 Å². The number of amidine groups is 1. The summed E-state index contributed by atoms with van der Waals surface area (Å²) in [6.07, 6.45) is 5.45. The van der Waals surface area contributed by atoms with E-state index < -0.39 is 0 Å². The Morgan fingerprint density at radius 3 is 2.69 bits per heavy atom. The van der Waals surface area contributed by atoms with Crippen LogP contribution < -0.4 is 10.6 Å². The van der Waals surface area contributed by atoms with Gasteiger partial charge in [-0.2, -0.15) is 0 Å². The molecule has 0 saturated heterocycles. The Morgan fingerprint density at radius 1 is 1.44 bits per heavy atom. The maximum Gasteiger partial charge on any atom is 0.141 e. The van der Waals surface area contributed by atoms with Crippen molar-refractivity contribution < 1.29 is 0 Å². The molecule has 0 fully saturated rings. The molecule has 0 atom stereocenters. The Labute approximate surface area is 97.0 Å². The lowest BCUT2D eigenvalue weighted by molar-refractivity contribution is 0.704. The molecule has 1 heterocycles. The van der Waals surface area contributed by atoms with Crippen molar-refractivity contribution in [2.45, 2.75) is 26.2 Å². The van der Waals surface area contributed by atoms with Crippen molar-refractivity contribution in [3.63, 3.8) is 0 Å². The smallest absolute Gasteiger partial charge is 0.141 e. The van der Waals surface area contributed by atoms with Crippen LogP contribution in [-0.2, 0) is 0 Å². The molecular weight excluding hydrogens is 200 g/mol. The standard InChI is InChI=1S/C12H20N4/c1-3-4-5-8-16(2)10-6-7-11(12(13)14)15-9-10/h6-7,9H,3-5,8H2,1-2H3,(H3,13,14). The fourth-order valence-corrected chi connectivity index (χ4v) is 1.50. The van der Waals surface area contributed by atoms with E-state index in [0.29, 0.717) is 5.69 Å². The van der Waals surface area contributed by atoms with Gasteiger partial charge in [0.1, 0.15) is 11.5 Å². The first-order valence-electron chi connectivity index (χ1n) is 5.66. The Balaban J connectivity index is 2.56. The molecule has 16 heavy (non-hydrogen) atoms. The normalized spacial score (nSPS) is 10.1. The first-order valence-corrected chi connectivity index (χ1v) is 5.66. The predicted molar refractivity (Wildman–Crippen MR) is 68.0 cm³/mol. The third-order valence-corrected chi connectivity index (χ3v) is 2.56. The van der Waals surface area contributed by atoms with Gasteiger partial charge >= 0.3 is 0 Å². The Kier molecular flexibility index (Phi) is 4.76. The monoisotopic (exact) mass is 220 g/mol. The first-order chi connectivity index (χ1) is 7.65. The van der Waals surface area contributed by atoms with Gasteiger partial charge in [0.05, 0.1) is 11.9 Å². The molecule has 0 aliphatic carbocycles. The molecule has 1 aromatic heterocycles. The van der Waals surface area contributed by atoms with E-state index in [1.807, 2.05) is 6.07 Å².